The molecule has 3 aromatic rings. The molecule has 0 unspecified atom stereocenters. The first-order valence-corrected chi connectivity index (χ1v) is 10.1. The Labute approximate surface area is 169 Å². The van der Waals surface area contributed by atoms with Crippen LogP contribution in [0, 0.1) is 13.8 Å². The van der Waals surface area contributed by atoms with E-state index in [0.717, 1.165) is 58.9 Å². The maximum atomic E-state index is 13.3. The molecule has 148 valence electrons. The van der Waals surface area contributed by atoms with Gasteiger partial charge in [0, 0.05) is 12.1 Å². The Morgan fingerprint density at radius 3 is 2.55 bits per heavy atom. The predicted molar refractivity (Wildman–Crippen MR) is 109 cm³/mol. The number of benzene rings is 2. The summed E-state index contributed by atoms with van der Waals surface area (Å²) in [4.78, 5) is 24.5. The molecule has 6 heteroatoms. The van der Waals surface area contributed by atoms with Crippen LogP contribution in [0.15, 0.2) is 36.4 Å². The fraction of sp³-hybridized carbons (Fsp3) is 0.348. The number of ether oxygens (including phenoxy) is 2. The zero-order valence-electron chi connectivity index (χ0n) is 16.6. The van der Waals surface area contributed by atoms with E-state index in [9.17, 15) is 4.79 Å². The number of amides is 1. The second-order valence-electron chi connectivity index (χ2n) is 7.66. The molecule has 0 radical (unpaired) electrons. The number of nitrogens with zero attached hydrogens (tertiary/aromatic N) is 3. The fourth-order valence-corrected chi connectivity index (χ4v) is 4.15. The molecule has 2 aromatic carbocycles. The number of aryl methyl sites for hydroxylation is 2. The smallest absolute Gasteiger partial charge is 0.254 e. The number of carbonyl (C=O) groups is 1. The topological polar surface area (TPSA) is 64.6 Å². The van der Waals surface area contributed by atoms with Crippen molar-refractivity contribution in [2.24, 2.45) is 0 Å². The van der Waals surface area contributed by atoms with Crippen molar-refractivity contribution in [3.05, 3.63) is 58.9 Å². The van der Waals surface area contributed by atoms with Crippen LogP contribution in [-0.2, 0) is 0 Å². The summed E-state index contributed by atoms with van der Waals surface area (Å²) in [5.74, 6) is 1.57. The van der Waals surface area contributed by atoms with Crippen LogP contribution < -0.4 is 9.47 Å². The predicted octanol–water partition coefficient (Wildman–Crippen LogP) is 4.00. The molecule has 1 saturated heterocycles. The zero-order chi connectivity index (χ0) is 20.0. The first-order chi connectivity index (χ1) is 14.1. The third-order valence-electron chi connectivity index (χ3n) is 5.79. The molecule has 6 nitrogen and oxygen atoms in total. The van der Waals surface area contributed by atoms with Crippen molar-refractivity contribution in [2.45, 2.75) is 32.7 Å². The van der Waals surface area contributed by atoms with Crippen LogP contribution in [0.1, 0.15) is 46.2 Å². The standard InChI is InChI=1S/C23H23N3O3/c1-14-15(2)25-19-12-17(5-7-18(19)24-14)23(27)26-9-3-4-20(26)16-6-8-21-22(13-16)29-11-10-28-21/h5-8,12-13,20H,3-4,9-11H2,1-2H3/t20-/m0/s1. The van der Waals surface area contributed by atoms with Crippen molar-refractivity contribution in [1.82, 2.24) is 14.9 Å². The van der Waals surface area contributed by atoms with Crippen LogP contribution >= 0.6 is 0 Å². The highest BCUT2D eigenvalue weighted by Crippen LogP contribution is 2.38. The van der Waals surface area contributed by atoms with Gasteiger partial charge in [0.15, 0.2) is 11.5 Å². The number of hydrogen-bond donors (Lipinski definition) is 0. The fourth-order valence-electron chi connectivity index (χ4n) is 4.15. The van der Waals surface area contributed by atoms with E-state index in [1.54, 1.807) is 0 Å². The highest BCUT2D eigenvalue weighted by atomic mass is 16.6. The van der Waals surface area contributed by atoms with Crippen LogP contribution in [0.2, 0.25) is 0 Å². The molecular weight excluding hydrogens is 366 g/mol. The highest BCUT2D eigenvalue weighted by Gasteiger charge is 2.31. The van der Waals surface area contributed by atoms with Gasteiger partial charge in [-0.25, -0.2) is 9.97 Å². The molecule has 5 rings (SSSR count). The number of hydrogen-bond acceptors (Lipinski definition) is 5. The van der Waals surface area contributed by atoms with Crippen molar-refractivity contribution in [1.29, 1.82) is 0 Å². The van der Waals surface area contributed by atoms with Crippen LogP contribution in [0.4, 0.5) is 0 Å². The van der Waals surface area contributed by atoms with Crippen LogP contribution in [0.3, 0.4) is 0 Å². The largest absolute Gasteiger partial charge is 0.486 e. The Hall–Kier alpha value is -3.15. The van der Waals surface area contributed by atoms with E-state index in [4.69, 9.17) is 9.47 Å². The van der Waals surface area contributed by atoms with E-state index in [1.807, 2.05) is 55.1 Å². The SMILES string of the molecule is Cc1nc2ccc(C(=O)N3CCC[C@H]3c3ccc4c(c3)OCCO4)cc2nc1C. The van der Waals surface area contributed by atoms with E-state index >= 15 is 0 Å². The lowest BCUT2D eigenvalue weighted by molar-refractivity contribution is 0.0735. The average Bonchev–Trinajstić information content (AvgIpc) is 3.23. The summed E-state index contributed by atoms with van der Waals surface area (Å²) in [6.07, 6.45) is 1.92. The number of likely N-dealkylation sites (tertiary alicyclic amines) is 1. The number of rotatable bonds is 2. The average molecular weight is 389 g/mol. The molecule has 2 aliphatic heterocycles. The molecule has 1 amide bonds. The molecular formula is C23H23N3O3. The maximum absolute atomic E-state index is 13.3. The lowest BCUT2D eigenvalue weighted by atomic mass is 10.0. The van der Waals surface area contributed by atoms with Crippen molar-refractivity contribution in [2.75, 3.05) is 19.8 Å². The van der Waals surface area contributed by atoms with Crippen molar-refractivity contribution >= 4 is 16.9 Å². The molecule has 1 fully saturated rings. The Kier molecular flexibility index (Phi) is 4.34. The summed E-state index contributed by atoms with van der Waals surface area (Å²) in [6.45, 7) is 5.76. The van der Waals surface area contributed by atoms with Gasteiger partial charge in [-0.05, 0) is 62.6 Å². The van der Waals surface area contributed by atoms with E-state index in [2.05, 4.69) is 9.97 Å². The molecule has 2 aliphatic rings. The van der Waals surface area contributed by atoms with E-state index in [1.165, 1.54) is 0 Å². The minimum absolute atomic E-state index is 0.0318. The quantitative estimate of drug-likeness (QED) is 0.663. The van der Waals surface area contributed by atoms with Gasteiger partial charge >= 0.3 is 0 Å². The second kappa shape index (κ2) is 7.03. The van der Waals surface area contributed by atoms with Gasteiger partial charge in [0.2, 0.25) is 0 Å². The number of carbonyl (C=O) groups excluding carboxylic acids is 1. The molecule has 29 heavy (non-hydrogen) atoms. The lowest BCUT2D eigenvalue weighted by Crippen LogP contribution is -2.30. The van der Waals surface area contributed by atoms with E-state index < -0.39 is 0 Å². The van der Waals surface area contributed by atoms with Gasteiger partial charge in [-0.2, -0.15) is 0 Å². The van der Waals surface area contributed by atoms with Gasteiger partial charge in [-0.3, -0.25) is 4.79 Å². The third kappa shape index (κ3) is 3.18. The second-order valence-corrected chi connectivity index (χ2v) is 7.66. The summed E-state index contributed by atoms with van der Waals surface area (Å²) < 4.78 is 11.4. The molecule has 1 atom stereocenters. The summed E-state index contributed by atoms with van der Waals surface area (Å²) in [5, 5.41) is 0. The van der Waals surface area contributed by atoms with E-state index in [0.29, 0.717) is 18.8 Å². The summed E-state index contributed by atoms with van der Waals surface area (Å²) in [6, 6.07) is 11.6. The van der Waals surface area contributed by atoms with Gasteiger partial charge in [0.05, 0.1) is 28.5 Å². The van der Waals surface area contributed by atoms with Crippen molar-refractivity contribution in [3.63, 3.8) is 0 Å². The van der Waals surface area contributed by atoms with Crippen LogP contribution in [-0.4, -0.2) is 40.5 Å². The highest BCUT2D eigenvalue weighted by molar-refractivity contribution is 5.97. The minimum Gasteiger partial charge on any atom is -0.486 e. The van der Waals surface area contributed by atoms with E-state index in [-0.39, 0.29) is 11.9 Å². The molecule has 1 aromatic heterocycles. The summed E-state index contributed by atoms with van der Waals surface area (Å²) >= 11 is 0. The molecule has 0 saturated carbocycles. The number of fused-ring (bicyclic) bond motifs is 2. The zero-order valence-corrected chi connectivity index (χ0v) is 16.6. The van der Waals surface area contributed by atoms with Gasteiger partial charge in [0.1, 0.15) is 13.2 Å². The van der Waals surface area contributed by atoms with Crippen LogP contribution in [0.5, 0.6) is 11.5 Å². The monoisotopic (exact) mass is 389 g/mol. The van der Waals surface area contributed by atoms with Crippen LogP contribution in [0.25, 0.3) is 11.0 Å². The normalized spacial score (nSPS) is 18.3. The number of aromatic nitrogens is 2. The van der Waals surface area contributed by atoms with Gasteiger partial charge in [0.25, 0.3) is 5.91 Å². The van der Waals surface area contributed by atoms with Crippen molar-refractivity contribution in [3.8, 4) is 11.5 Å². The molecule has 0 bridgehead atoms. The first kappa shape index (κ1) is 17.9. The third-order valence-corrected chi connectivity index (χ3v) is 5.79. The maximum Gasteiger partial charge on any atom is 0.254 e. The molecule has 0 N–H and O–H groups in total. The Morgan fingerprint density at radius 1 is 0.966 bits per heavy atom. The Morgan fingerprint density at radius 2 is 1.72 bits per heavy atom. The van der Waals surface area contributed by atoms with Gasteiger partial charge in [-0.1, -0.05) is 6.07 Å². The molecule has 0 aliphatic carbocycles. The first-order valence-electron chi connectivity index (χ1n) is 10.1. The summed E-state index contributed by atoms with van der Waals surface area (Å²) in [7, 11) is 0. The van der Waals surface area contributed by atoms with Crippen molar-refractivity contribution < 1.29 is 14.3 Å². The van der Waals surface area contributed by atoms with Gasteiger partial charge < -0.3 is 14.4 Å². The summed E-state index contributed by atoms with van der Waals surface area (Å²) in [5.41, 5.74) is 5.11. The minimum atomic E-state index is 0.0318. The molecule has 0 spiro atoms. The molecule has 3 heterocycles. The Balaban J connectivity index is 1.46. The van der Waals surface area contributed by atoms with Gasteiger partial charge in [-0.15, -0.1) is 0 Å². The Bertz CT molecular complexity index is 1110. The lowest BCUT2D eigenvalue weighted by Gasteiger charge is -2.27.